The van der Waals surface area contributed by atoms with Crippen LogP contribution in [0.5, 0.6) is 0 Å². The Morgan fingerprint density at radius 3 is 2.62 bits per heavy atom. The number of nitrogens with zero attached hydrogens (tertiary/aromatic N) is 3. The van der Waals surface area contributed by atoms with E-state index in [9.17, 15) is 4.79 Å². The molecule has 5 nitrogen and oxygen atoms in total. The second-order valence-electron chi connectivity index (χ2n) is 5.95. The normalized spacial score (nSPS) is 10.8. The fourth-order valence-corrected chi connectivity index (χ4v) is 3.02. The molecule has 0 radical (unpaired) electrons. The molecule has 0 spiro atoms. The van der Waals surface area contributed by atoms with E-state index in [1.165, 1.54) is 0 Å². The molecule has 0 bridgehead atoms. The maximum absolute atomic E-state index is 12.8. The number of hydrogen-bond donors (Lipinski definition) is 1. The van der Waals surface area contributed by atoms with Crippen LogP contribution in [0.1, 0.15) is 22.8 Å². The minimum Gasteiger partial charge on any atom is -0.322 e. The van der Waals surface area contributed by atoms with E-state index in [1.54, 1.807) is 16.9 Å². The Kier molecular flexibility index (Phi) is 4.19. The van der Waals surface area contributed by atoms with E-state index in [0.717, 1.165) is 28.9 Å². The number of amides is 1. The predicted octanol–water partition coefficient (Wildman–Crippen LogP) is 4.21. The van der Waals surface area contributed by atoms with Gasteiger partial charge in [-0.1, -0.05) is 55.5 Å². The van der Waals surface area contributed by atoms with E-state index in [-0.39, 0.29) is 5.91 Å². The number of hydrogen-bond acceptors (Lipinski definition) is 3. The summed E-state index contributed by atoms with van der Waals surface area (Å²) in [5.74, 6) is -0.210. The van der Waals surface area contributed by atoms with Gasteiger partial charge in [0.05, 0.1) is 11.9 Å². The van der Waals surface area contributed by atoms with Crippen molar-refractivity contribution in [1.82, 2.24) is 14.6 Å². The van der Waals surface area contributed by atoms with Gasteiger partial charge >= 0.3 is 0 Å². The first-order chi connectivity index (χ1) is 12.8. The van der Waals surface area contributed by atoms with Crippen molar-refractivity contribution in [1.29, 1.82) is 0 Å². The van der Waals surface area contributed by atoms with Gasteiger partial charge in [0.1, 0.15) is 5.56 Å². The summed E-state index contributed by atoms with van der Waals surface area (Å²) in [5.41, 5.74) is 4.82. The first-order valence-electron chi connectivity index (χ1n) is 8.55. The van der Waals surface area contributed by atoms with Crippen LogP contribution in [0.2, 0.25) is 0 Å². The van der Waals surface area contributed by atoms with Gasteiger partial charge in [0.15, 0.2) is 5.65 Å². The summed E-state index contributed by atoms with van der Waals surface area (Å²) in [7, 11) is 0. The summed E-state index contributed by atoms with van der Waals surface area (Å²) >= 11 is 0. The lowest BCUT2D eigenvalue weighted by atomic mass is 10.1. The van der Waals surface area contributed by atoms with Crippen LogP contribution in [-0.4, -0.2) is 20.5 Å². The highest BCUT2D eigenvalue weighted by Crippen LogP contribution is 2.22. The zero-order valence-electron chi connectivity index (χ0n) is 14.4. The van der Waals surface area contributed by atoms with Gasteiger partial charge in [-0.15, -0.1) is 0 Å². The van der Waals surface area contributed by atoms with E-state index >= 15 is 0 Å². The number of fused-ring (bicyclic) bond motifs is 1. The summed E-state index contributed by atoms with van der Waals surface area (Å²) in [4.78, 5) is 17.2. The van der Waals surface area contributed by atoms with E-state index in [4.69, 9.17) is 0 Å². The number of benzene rings is 2. The molecule has 2 aromatic carbocycles. The summed E-state index contributed by atoms with van der Waals surface area (Å²) in [6.45, 7) is 2.06. The highest BCUT2D eigenvalue weighted by Gasteiger charge is 2.17. The van der Waals surface area contributed by atoms with Crippen molar-refractivity contribution < 1.29 is 4.79 Å². The zero-order chi connectivity index (χ0) is 17.9. The Hall–Kier alpha value is -3.47. The highest BCUT2D eigenvalue weighted by molar-refractivity contribution is 6.08. The van der Waals surface area contributed by atoms with Crippen molar-refractivity contribution in [3.8, 4) is 11.3 Å². The number of nitrogens with one attached hydrogen (secondary N) is 1. The van der Waals surface area contributed by atoms with Crippen LogP contribution < -0.4 is 5.32 Å². The van der Waals surface area contributed by atoms with Gasteiger partial charge in [-0.2, -0.15) is 5.10 Å². The van der Waals surface area contributed by atoms with Crippen LogP contribution in [0.4, 0.5) is 5.69 Å². The molecule has 1 N–H and O–H groups in total. The number of carbonyl (C=O) groups is 1. The first kappa shape index (κ1) is 16.0. The Labute approximate surface area is 151 Å². The molecule has 0 saturated heterocycles. The van der Waals surface area contributed by atoms with Crippen LogP contribution in [0, 0.1) is 0 Å². The van der Waals surface area contributed by atoms with Crippen molar-refractivity contribution in [3.05, 3.63) is 84.2 Å². The molecule has 4 rings (SSSR count). The van der Waals surface area contributed by atoms with Crippen LogP contribution >= 0.6 is 0 Å². The molecule has 0 atom stereocenters. The number of aryl methyl sites for hydroxylation is 1. The minimum absolute atomic E-state index is 0.210. The van der Waals surface area contributed by atoms with Crippen LogP contribution in [0.3, 0.4) is 0 Å². The molecule has 5 heteroatoms. The second kappa shape index (κ2) is 6.80. The lowest BCUT2D eigenvalue weighted by molar-refractivity contribution is 0.102. The topological polar surface area (TPSA) is 59.3 Å². The molecule has 0 aliphatic heterocycles. The minimum atomic E-state index is -0.210. The van der Waals surface area contributed by atoms with Crippen LogP contribution in [0.15, 0.2) is 73.1 Å². The molecule has 128 valence electrons. The smallest absolute Gasteiger partial charge is 0.261 e. The van der Waals surface area contributed by atoms with Crippen molar-refractivity contribution in [2.75, 3.05) is 5.32 Å². The molecule has 0 aliphatic rings. The average molecular weight is 342 g/mol. The third-order valence-electron chi connectivity index (χ3n) is 4.36. The number of para-hydroxylation sites is 1. The van der Waals surface area contributed by atoms with Gasteiger partial charge in [-0.25, -0.2) is 9.50 Å². The van der Waals surface area contributed by atoms with Gasteiger partial charge < -0.3 is 5.32 Å². The molecular weight excluding hydrogens is 324 g/mol. The number of aromatic nitrogens is 3. The van der Waals surface area contributed by atoms with Crippen molar-refractivity contribution in [2.24, 2.45) is 0 Å². The van der Waals surface area contributed by atoms with Crippen molar-refractivity contribution in [3.63, 3.8) is 0 Å². The Morgan fingerprint density at radius 2 is 1.81 bits per heavy atom. The summed E-state index contributed by atoms with van der Waals surface area (Å²) < 4.78 is 1.70. The molecule has 1 amide bonds. The molecule has 0 saturated carbocycles. The SMILES string of the molecule is CCc1ccccc1NC(=O)c1cnn2c(-c3ccccc3)ccnc12. The summed E-state index contributed by atoms with van der Waals surface area (Å²) in [6, 6.07) is 19.6. The molecule has 2 aromatic heterocycles. The maximum Gasteiger partial charge on any atom is 0.261 e. The average Bonchev–Trinajstić information content (AvgIpc) is 3.13. The number of carbonyl (C=O) groups excluding carboxylic acids is 1. The standard InChI is InChI=1S/C21H18N4O/c1-2-15-8-6-7-11-18(15)24-21(26)17-14-23-25-19(12-13-22-20(17)25)16-9-4-3-5-10-16/h3-14H,2H2,1H3,(H,24,26). The lowest BCUT2D eigenvalue weighted by Crippen LogP contribution is -2.13. The Morgan fingerprint density at radius 1 is 1.04 bits per heavy atom. The monoisotopic (exact) mass is 342 g/mol. The number of anilines is 1. The van der Waals surface area contributed by atoms with E-state index in [0.29, 0.717) is 11.2 Å². The van der Waals surface area contributed by atoms with E-state index in [2.05, 4.69) is 22.3 Å². The quantitative estimate of drug-likeness (QED) is 0.604. The molecule has 0 fully saturated rings. The van der Waals surface area contributed by atoms with Gasteiger partial charge in [0.2, 0.25) is 0 Å². The van der Waals surface area contributed by atoms with Gasteiger partial charge in [-0.3, -0.25) is 4.79 Å². The van der Waals surface area contributed by atoms with Crippen molar-refractivity contribution >= 4 is 17.2 Å². The van der Waals surface area contributed by atoms with E-state index in [1.807, 2.05) is 60.7 Å². The molecule has 0 aliphatic carbocycles. The molecular formula is C21H18N4O. The van der Waals surface area contributed by atoms with Gasteiger partial charge in [-0.05, 0) is 24.1 Å². The molecule has 2 heterocycles. The lowest BCUT2D eigenvalue weighted by Gasteiger charge is -2.09. The number of rotatable bonds is 4. The summed E-state index contributed by atoms with van der Waals surface area (Å²) in [5, 5.41) is 7.38. The fourth-order valence-electron chi connectivity index (χ4n) is 3.02. The van der Waals surface area contributed by atoms with Crippen molar-refractivity contribution in [2.45, 2.75) is 13.3 Å². The predicted molar refractivity (Wildman–Crippen MR) is 102 cm³/mol. The second-order valence-corrected chi connectivity index (χ2v) is 5.95. The van der Waals surface area contributed by atoms with Gasteiger partial charge in [0, 0.05) is 17.4 Å². The Bertz CT molecular complexity index is 1070. The van der Waals surface area contributed by atoms with Crippen LogP contribution in [-0.2, 0) is 6.42 Å². The maximum atomic E-state index is 12.8. The zero-order valence-corrected chi connectivity index (χ0v) is 14.4. The Balaban J connectivity index is 1.73. The highest BCUT2D eigenvalue weighted by atomic mass is 16.1. The largest absolute Gasteiger partial charge is 0.322 e. The third kappa shape index (κ3) is 2.84. The fraction of sp³-hybridized carbons (Fsp3) is 0.0952. The molecule has 0 unspecified atom stereocenters. The third-order valence-corrected chi connectivity index (χ3v) is 4.36. The van der Waals surface area contributed by atoms with Crippen LogP contribution in [0.25, 0.3) is 16.9 Å². The molecule has 26 heavy (non-hydrogen) atoms. The van der Waals surface area contributed by atoms with E-state index < -0.39 is 0 Å². The summed E-state index contributed by atoms with van der Waals surface area (Å²) in [6.07, 6.45) is 4.12. The first-order valence-corrected chi connectivity index (χ1v) is 8.55. The van der Waals surface area contributed by atoms with Gasteiger partial charge in [0.25, 0.3) is 5.91 Å². The molecule has 4 aromatic rings.